The molecule has 1 aromatic rings. The minimum absolute atomic E-state index is 0.267. The Morgan fingerprint density at radius 3 is 2.89 bits per heavy atom. The van der Waals surface area contributed by atoms with Gasteiger partial charge in [0.05, 0.1) is 6.10 Å². The molecule has 0 amide bonds. The summed E-state index contributed by atoms with van der Waals surface area (Å²) in [6.07, 6.45) is 4.21. The number of hydrogen-bond donors (Lipinski definition) is 2. The van der Waals surface area contributed by atoms with E-state index in [0.29, 0.717) is 11.3 Å². The van der Waals surface area contributed by atoms with Crippen LogP contribution in [0.3, 0.4) is 0 Å². The first-order chi connectivity index (χ1) is 9.22. The van der Waals surface area contributed by atoms with E-state index in [-0.39, 0.29) is 6.79 Å². The SMILES string of the molecule is CSC1(CNCC(O)c2ccc3c(c2)OCO3)CC1. The number of benzene rings is 1. The summed E-state index contributed by atoms with van der Waals surface area (Å²) in [4.78, 5) is 0. The standard InChI is InChI=1S/C14H19NO3S/c1-19-14(4-5-14)8-15-7-11(16)10-2-3-12-13(6-10)18-9-17-12/h2-3,6,11,15-16H,4-5,7-9H2,1H3. The van der Waals surface area contributed by atoms with Gasteiger partial charge >= 0.3 is 0 Å². The molecule has 1 fully saturated rings. The summed E-state index contributed by atoms with van der Waals surface area (Å²) in [5.74, 6) is 1.47. The average Bonchev–Trinajstić information content (AvgIpc) is 3.06. The zero-order chi connectivity index (χ0) is 13.3. The molecule has 1 heterocycles. The quantitative estimate of drug-likeness (QED) is 0.834. The lowest BCUT2D eigenvalue weighted by atomic mass is 10.1. The number of fused-ring (bicyclic) bond motifs is 1. The molecule has 19 heavy (non-hydrogen) atoms. The summed E-state index contributed by atoms with van der Waals surface area (Å²) in [6, 6.07) is 5.60. The molecule has 3 rings (SSSR count). The fourth-order valence-corrected chi connectivity index (χ4v) is 3.02. The van der Waals surface area contributed by atoms with E-state index in [2.05, 4.69) is 11.6 Å². The lowest BCUT2D eigenvalue weighted by Gasteiger charge is -2.16. The Kier molecular flexibility index (Phi) is 3.60. The molecule has 0 saturated heterocycles. The smallest absolute Gasteiger partial charge is 0.231 e. The molecular formula is C14H19NO3S. The van der Waals surface area contributed by atoms with Crippen molar-refractivity contribution in [1.82, 2.24) is 5.32 Å². The molecule has 104 valence electrons. The number of hydrogen-bond acceptors (Lipinski definition) is 5. The van der Waals surface area contributed by atoms with Gasteiger partial charge in [-0.25, -0.2) is 0 Å². The molecule has 2 N–H and O–H groups in total. The van der Waals surface area contributed by atoms with Gasteiger partial charge in [0.15, 0.2) is 11.5 Å². The second-order valence-corrected chi connectivity index (χ2v) is 6.42. The van der Waals surface area contributed by atoms with E-state index in [9.17, 15) is 5.11 Å². The third kappa shape index (κ3) is 2.83. The molecule has 1 atom stereocenters. The van der Waals surface area contributed by atoms with Crippen LogP contribution in [0.1, 0.15) is 24.5 Å². The van der Waals surface area contributed by atoms with Gasteiger partial charge in [-0.3, -0.25) is 0 Å². The van der Waals surface area contributed by atoms with Crippen LogP contribution in [-0.4, -0.2) is 36.0 Å². The molecule has 1 saturated carbocycles. The minimum atomic E-state index is -0.507. The Bertz CT molecular complexity index is 462. The van der Waals surface area contributed by atoms with Crippen LogP contribution >= 0.6 is 11.8 Å². The number of aliphatic hydroxyl groups excluding tert-OH is 1. The largest absolute Gasteiger partial charge is 0.454 e. The van der Waals surface area contributed by atoms with Gasteiger partial charge in [0.2, 0.25) is 6.79 Å². The van der Waals surface area contributed by atoms with E-state index < -0.39 is 6.10 Å². The molecule has 1 unspecified atom stereocenters. The Balaban J connectivity index is 1.54. The number of nitrogens with one attached hydrogen (secondary N) is 1. The first kappa shape index (κ1) is 13.1. The van der Waals surface area contributed by atoms with Crippen LogP contribution in [0.4, 0.5) is 0 Å². The van der Waals surface area contributed by atoms with Gasteiger partial charge in [-0.05, 0) is 36.8 Å². The van der Waals surface area contributed by atoms with Crippen LogP contribution in [0.2, 0.25) is 0 Å². The monoisotopic (exact) mass is 281 g/mol. The van der Waals surface area contributed by atoms with E-state index in [4.69, 9.17) is 9.47 Å². The summed E-state index contributed by atoms with van der Waals surface area (Å²) < 4.78 is 11.0. The van der Waals surface area contributed by atoms with Crippen molar-refractivity contribution in [3.63, 3.8) is 0 Å². The Labute approximate surface area is 117 Å². The van der Waals surface area contributed by atoms with Gasteiger partial charge in [-0.2, -0.15) is 11.8 Å². The Morgan fingerprint density at radius 2 is 2.16 bits per heavy atom. The number of aliphatic hydroxyl groups is 1. The van der Waals surface area contributed by atoms with Crippen molar-refractivity contribution in [2.24, 2.45) is 0 Å². The predicted octanol–water partition coefficient (Wildman–Crippen LogP) is 1.93. The fraction of sp³-hybridized carbons (Fsp3) is 0.571. The molecule has 0 bridgehead atoms. The first-order valence-corrected chi connectivity index (χ1v) is 7.78. The summed E-state index contributed by atoms with van der Waals surface area (Å²) in [7, 11) is 0. The van der Waals surface area contributed by atoms with E-state index in [1.165, 1.54) is 12.8 Å². The van der Waals surface area contributed by atoms with Crippen molar-refractivity contribution in [2.75, 3.05) is 26.1 Å². The van der Waals surface area contributed by atoms with Gasteiger partial charge in [0, 0.05) is 17.8 Å². The van der Waals surface area contributed by atoms with Crippen molar-refractivity contribution in [3.8, 4) is 11.5 Å². The lowest BCUT2D eigenvalue weighted by Crippen LogP contribution is -2.29. The molecule has 1 aliphatic heterocycles. The zero-order valence-corrected chi connectivity index (χ0v) is 11.8. The van der Waals surface area contributed by atoms with E-state index in [1.807, 2.05) is 30.0 Å². The van der Waals surface area contributed by atoms with Crippen molar-refractivity contribution in [3.05, 3.63) is 23.8 Å². The van der Waals surface area contributed by atoms with Crippen LogP contribution in [0.25, 0.3) is 0 Å². The average molecular weight is 281 g/mol. The molecule has 0 aromatic heterocycles. The molecule has 1 aromatic carbocycles. The van der Waals surface area contributed by atoms with Gasteiger partial charge in [0.25, 0.3) is 0 Å². The molecule has 4 nitrogen and oxygen atoms in total. The van der Waals surface area contributed by atoms with Crippen LogP contribution in [0, 0.1) is 0 Å². The van der Waals surface area contributed by atoms with Crippen molar-refractivity contribution in [1.29, 1.82) is 0 Å². The normalized spacial score (nSPS) is 20.3. The fourth-order valence-electron chi connectivity index (χ4n) is 2.27. The second kappa shape index (κ2) is 5.23. The molecule has 0 spiro atoms. The van der Waals surface area contributed by atoms with Gasteiger partial charge in [-0.15, -0.1) is 0 Å². The zero-order valence-electron chi connectivity index (χ0n) is 11.0. The van der Waals surface area contributed by atoms with Crippen LogP contribution in [0.15, 0.2) is 18.2 Å². The van der Waals surface area contributed by atoms with Gasteiger partial charge < -0.3 is 19.9 Å². The number of thioether (sulfide) groups is 1. The summed E-state index contributed by atoms with van der Waals surface area (Å²) in [5, 5.41) is 13.5. The predicted molar refractivity (Wildman–Crippen MR) is 75.9 cm³/mol. The van der Waals surface area contributed by atoms with E-state index >= 15 is 0 Å². The molecule has 5 heteroatoms. The molecule has 0 radical (unpaired) electrons. The topological polar surface area (TPSA) is 50.7 Å². The maximum absolute atomic E-state index is 10.2. The highest BCUT2D eigenvalue weighted by atomic mass is 32.2. The maximum Gasteiger partial charge on any atom is 0.231 e. The van der Waals surface area contributed by atoms with Crippen molar-refractivity contribution >= 4 is 11.8 Å². The first-order valence-electron chi connectivity index (χ1n) is 6.56. The van der Waals surface area contributed by atoms with Crippen molar-refractivity contribution in [2.45, 2.75) is 23.7 Å². The van der Waals surface area contributed by atoms with Crippen molar-refractivity contribution < 1.29 is 14.6 Å². The lowest BCUT2D eigenvalue weighted by molar-refractivity contribution is 0.170. The van der Waals surface area contributed by atoms with Crippen LogP contribution in [-0.2, 0) is 0 Å². The molecule has 2 aliphatic rings. The highest BCUT2D eigenvalue weighted by Gasteiger charge is 2.41. The summed E-state index contributed by atoms with van der Waals surface area (Å²) in [5.41, 5.74) is 0.866. The maximum atomic E-state index is 10.2. The van der Waals surface area contributed by atoms with E-state index in [0.717, 1.165) is 23.6 Å². The summed E-state index contributed by atoms with van der Waals surface area (Å²) in [6.45, 7) is 1.81. The third-order valence-corrected chi connectivity index (χ3v) is 5.23. The Morgan fingerprint density at radius 1 is 1.37 bits per heavy atom. The Hall–Kier alpha value is -0.910. The number of rotatable bonds is 6. The van der Waals surface area contributed by atoms with Crippen LogP contribution in [0.5, 0.6) is 11.5 Å². The summed E-state index contributed by atoms with van der Waals surface area (Å²) >= 11 is 1.92. The highest BCUT2D eigenvalue weighted by Crippen LogP contribution is 2.46. The second-order valence-electron chi connectivity index (χ2n) is 5.15. The van der Waals surface area contributed by atoms with Gasteiger partial charge in [-0.1, -0.05) is 6.07 Å². The number of ether oxygens (including phenoxy) is 2. The molecule has 1 aliphatic carbocycles. The van der Waals surface area contributed by atoms with E-state index in [1.54, 1.807) is 0 Å². The minimum Gasteiger partial charge on any atom is -0.454 e. The highest BCUT2D eigenvalue weighted by molar-refractivity contribution is 8.00. The van der Waals surface area contributed by atoms with Gasteiger partial charge in [0.1, 0.15) is 0 Å². The third-order valence-electron chi connectivity index (χ3n) is 3.81. The van der Waals surface area contributed by atoms with Crippen LogP contribution < -0.4 is 14.8 Å². The molecular weight excluding hydrogens is 262 g/mol.